The first kappa shape index (κ1) is 29.1. The molecule has 5 aliphatic rings. The summed E-state index contributed by atoms with van der Waals surface area (Å²) in [4.78, 5) is 13.1. The predicted octanol–water partition coefficient (Wildman–Crippen LogP) is 8.92. The number of rotatable bonds is 4. The number of carbonyl (C=O) groups is 1. The minimum absolute atomic E-state index is 0.0700. The van der Waals surface area contributed by atoms with Crippen LogP contribution in [0.15, 0.2) is 42.5 Å². The molecule has 0 amide bonds. The minimum Gasteiger partial charge on any atom is -0.481 e. The predicted molar refractivity (Wildman–Crippen MR) is 162 cm³/mol. The van der Waals surface area contributed by atoms with Crippen LogP contribution in [-0.2, 0) is 4.79 Å². The number of carboxylic acid groups (broad SMARTS) is 1. The summed E-state index contributed by atoms with van der Waals surface area (Å²) in [5, 5.41) is 21.8. The average Bonchev–Trinajstić information content (AvgIpc) is 3.31. The maximum Gasteiger partial charge on any atom is 0.309 e. The van der Waals surface area contributed by atoms with Crippen LogP contribution in [0.1, 0.15) is 104 Å². The summed E-state index contributed by atoms with van der Waals surface area (Å²) in [5.74, 6) is 0.812. The van der Waals surface area contributed by atoms with Gasteiger partial charge >= 0.3 is 5.97 Å². The summed E-state index contributed by atoms with van der Waals surface area (Å²) in [5.41, 5.74) is 1.49. The van der Waals surface area contributed by atoms with Gasteiger partial charge in [-0.1, -0.05) is 71.1 Å². The number of benzene rings is 1. The zero-order valence-electron chi connectivity index (χ0n) is 25.9. The Balaban J connectivity index is 1.35. The molecule has 5 aliphatic carbocycles. The highest BCUT2D eigenvalue weighted by Gasteiger charge is 2.72. The molecule has 5 saturated carbocycles. The van der Waals surface area contributed by atoms with Crippen molar-refractivity contribution >= 4 is 12.0 Å². The third kappa shape index (κ3) is 3.94. The van der Waals surface area contributed by atoms with Crippen molar-refractivity contribution < 1.29 is 19.4 Å². The van der Waals surface area contributed by atoms with Crippen LogP contribution < -0.4 is 0 Å². The van der Waals surface area contributed by atoms with Gasteiger partial charge in [-0.3, -0.25) is 4.79 Å². The van der Waals surface area contributed by atoms with E-state index in [2.05, 4.69) is 41.2 Å². The van der Waals surface area contributed by atoms with Gasteiger partial charge in [-0.15, -0.1) is 0 Å². The van der Waals surface area contributed by atoms with Crippen LogP contribution in [-0.4, -0.2) is 22.3 Å². The molecule has 1 aromatic carbocycles. The van der Waals surface area contributed by atoms with Crippen molar-refractivity contribution in [1.29, 1.82) is 0 Å². The molecule has 0 unspecified atom stereocenters. The van der Waals surface area contributed by atoms with Crippen molar-refractivity contribution in [2.75, 3.05) is 0 Å². The molecule has 1 aromatic rings. The molecule has 0 saturated heterocycles. The van der Waals surface area contributed by atoms with E-state index in [0.29, 0.717) is 17.8 Å². The molecule has 5 fully saturated rings. The van der Waals surface area contributed by atoms with E-state index in [-0.39, 0.29) is 45.4 Å². The Morgan fingerprint density at radius 2 is 1.68 bits per heavy atom. The number of halogens is 1. The van der Waals surface area contributed by atoms with Gasteiger partial charge in [0.25, 0.3) is 0 Å². The monoisotopic (exact) mass is 562 g/mol. The van der Waals surface area contributed by atoms with Crippen LogP contribution in [0.25, 0.3) is 6.08 Å². The maximum absolute atomic E-state index is 13.8. The number of allylic oxidation sites excluding steroid dienone is 2. The van der Waals surface area contributed by atoms with E-state index in [0.717, 1.165) is 68.9 Å². The zero-order chi connectivity index (χ0) is 29.6. The fourth-order valence-corrected chi connectivity index (χ4v) is 12.3. The summed E-state index contributed by atoms with van der Waals surface area (Å²) in [6, 6.07) is 6.60. The molecule has 0 spiro atoms. The molecule has 6 rings (SSSR count). The average molecular weight is 563 g/mol. The van der Waals surface area contributed by atoms with E-state index < -0.39 is 11.4 Å². The fraction of sp³-hybridized carbons (Fsp3) is 0.703. The summed E-state index contributed by atoms with van der Waals surface area (Å²) >= 11 is 0. The fourth-order valence-electron chi connectivity index (χ4n) is 12.3. The van der Waals surface area contributed by atoms with Crippen molar-refractivity contribution in [2.24, 2.45) is 56.7 Å². The quantitative estimate of drug-likeness (QED) is 0.360. The van der Waals surface area contributed by atoms with E-state index >= 15 is 0 Å². The summed E-state index contributed by atoms with van der Waals surface area (Å²) < 4.78 is 13.8. The Bertz CT molecular complexity index is 1270. The van der Waals surface area contributed by atoms with Gasteiger partial charge in [0.15, 0.2) is 0 Å². The second kappa shape index (κ2) is 9.53. The Morgan fingerprint density at radius 1 is 0.927 bits per heavy atom. The molecule has 41 heavy (non-hydrogen) atoms. The Kier molecular flexibility index (Phi) is 6.77. The lowest BCUT2D eigenvalue weighted by atomic mass is 9.32. The second-order valence-electron chi connectivity index (χ2n) is 16.1. The van der Waals surface area contributed by atoms with Crippen LogP contribution >= 0.6 is 0 Å². The van der Waals surface area contributed by atoms with Crippen molar-refractivity contribution in [3.05, 3.63) is 53.9 Å². The van der Waals surface area contributed by atoms with E-state index in [1.807, 2.05) is 18.2 Å². The van der Waals surface area contributed by atoms with Crippen molar-refractivity contribution in [3.8, 4) is 0 Å². The molecule has 224 valence electrons. The maximum atomic E-state index is 13.8. The highest BCUT2D eigenvalue weighted by Crippen LogP contribution is 2.77. The number of aliphatic hydroxyl groups excluding tert-OH is 1. The highest BCUT2D eigenvalue weighted by atomic mass is 19.1. The summed E-state index contributed by atoms with van der Waals surface area (Å²) in [6.45, 7) is 16.7. The molecular formula is C37H51FO3. The van der Waals surface area contributed by atoms with Gasteiger partial charge < -0.3 is 10.2 Å². The molecule has 3 nitrogen and oxygen atoms in total. The topological polar surface area (TPSA) is 57.5 Å². The minimum atomic E-state index is -0.675. The van der Waals surface area contributed by atoms with Crippen LogP contribution in [0, 0.1) is 62.5 Å². The summed E-state index contributed by atoms with van der Waals surface area (Å²) in [6.07, 6.45) is 13.6. The van der Waals surface area contributed by atoms with E-state index in [9.17, 15) is 19.4 Å². The Morgan fingerprint density at radius 3 is 2.39 bits per heavy atom. The molecule has 4 heteroatoms. The number of carboxylic acids is 1. The standard InChI is InChI=1S/C37H51FO3/c1-23(10-11-24-8-7-9-25(38)22-24)26-14-19-37(32(40)41)21-20-35(5)27(31(26)37)12-13-29-34(4)17-16-30(39)33(2,3)28(34)15-18-36(29,35)6/h7-11,22,26-31,39H,1,12-21H2,2-6H3,(H,40,41)/b11-10+/t26-,27+,28-,29+,30-,31+,34-,35+,36+,37-/m0/s1. The Labute approximate surface area is 246 Å². The van der Waals surface area contributed by atoms with E-state index in [4.69, 9.17) is 0 Å². The normalized spacial score (nSPS) is 46.7. The van der Waals surface area contributed by atoms with Crippen LogP contribution in [0.4, 0.5) is 4.39 Å². The summed E-state index contributed by atoms with van der Waals surface area (Å²) in [7, 11) is 0. The number of hydrogen-bond acceptors (Lipinski definition) is 2. The third-order valence-electron chi connectivity index (χ3n) is 14.7. The van der Waals surface area contributed by atoms with Crippen LogP contribution in [0.3, 0.4) is 0 Å². The first-order valence-corrected chi connectivity index (χ1v) is 16.2. The number of aliphatic hydroxyl groups is 1. The van der Waals surface area contributed by atoms with Gasteiger partial charge in [-0.25, -0.2) is 4.39 Å². The molecule has 0 heterocycles. The number of aliphatic carboxylic acids is 1. The molecule has 2 N–H and O–H groups in total. The van der Waals surface area contributed by atoms with Gasteiger partial charge in [-0.05, 0) is 133 Å². The van der Waals surface area contributed by atoms with Gasteiger partial charge in [0.05, 0.1) is 11.5 Å². The lowest BCUT2D eigenvalue weighted by Gasteiger charge is -2.72. The first-order chi connectivity index (χ1) is 19.2. The van der Waals surface area contributed by atoms with E-state index in [1.54, 1.807) is 6.07 Å². The SMILES string of the molecule is C=C(/C=C/c1cccc(F)c1)[C@@H]1CC[C@]2(C(=O)O)CC[C@]3(C)[C@H](CC[C@@H]4[C@@]5(C)CC[C@H](O)C(C)(C)[C@@H]5CC[C@]43C)[C@@H]12. The zero-order valence-corrected chi connectivity index (χ0v) is 25.9. The van der Waals surface area contributed by atoms with Crippen LogP contribution in [0.2, 0.25) is 0 Å². The molecule has 0 radical (unpaired) electrons. The van der Waals surface area contributed by atoms with Gasteiger partial charge in [-0.2, -0.15) is 0 Å². The van der Waals surface area contributed by atoms with E-state index in [1.165, 1.54) is 18.6 Å². The number of fused-ring (bicyclic) bond motifs is 7. The lowest BCUT2D eigenvalue weighted by Crippen LogP contribution is -2.67. The largest absolute Gasteiger partial charge is 0.481 e. The second-order valence-corrected chi connectivity index (χ2v) is 16.1. The molecule has 0 aliphatic heterocycles. The van der Waals surface area contributed by atoms with Crippen molar-refractivity contribution in [3.63, 3.8) is 0 Å². The lowest BCUT2D eigenvalue weighted by molar-refractivity contribution is -0.248. The molecule has 0 aromatic heterocycles. The molecular weight excluding hydrogens is 511 g/mol. The van der Waals surface area contributed by atoms with Gasteiger partial charge in [0, 0.05) is 0 Å². The van der Waals surface area contributed by atoms with Gasteiger partial charge in [0.1, 0.15) is 5.82 Å². The molecule has 0 bridgehead atoms. The van der Waals surface area contributed by atoms with Crippen LogP contribution in [0.5, 0.6) is 0 Å². The van der Waals surface area contributed by atoms with Gasteiger partial charge in [0.2, 0.25) is 0 Å². The number of hydrogen-bond donors (Lipinski definition) is 2. The van der Waals surface area contributed by atoms with Crippen molar-refractivity contribution in [1.82, 2.24) is 0 Å². The smallest absolute Gasteiger partial charge is 0.309 e. The van der Waals surface area contributed by atoms with Crippen molar-refractivity contribution in [2.45, 2.75) is 105 Å². The first-order valence-electron chi connectivity index (χ1n) is 16.2. The highest BCUT2D eigenvalue weighted by molar-refractivity contribution is 5.76. The Hall–Kier alpha value is -1.94. The third-order valence-corrected chi connectivity index (χ3v) is 14.7. The molecule has 10 atom stereocenters.